The molecular formula is C26H20ClF2N3Na2O8P+. The molecule has 1 unspecified atom stereocenters. The van der Waals surface area contributed by atoms with Gasteiger partial charge in [-0.1, -0.05) is 17.7 Å². The Bertz CT molecular complexity index is 1760. The molecule has 17 heteroatoms. The number of phosphoric ester groups is 1. The molecule has 214 valence electrons. The molecule has 0 amide bonds. The van der Waals surface area contributed by atoms with E-state index in [1.165, 1.54) is 36.7 Å². The van der Waals surface area contributed by atoms with Gasteiger partial charge in [0, 0.05) is 30.9 Å². The first-order valence-corrected chi connectivity index (χ1v) is 13.6. The van der Waals surface area contributed by atoms with Gasteiger partial charge in [0.2, 0.25) is 0 Å². The van der Waals surface area contributed by atoms with Crippen LogP contribution in [0.15, 0.2) is 65.7 Å². The van der Waals surface area contributed by atoms with Crippen molar-refractivity contribution in [2.75, 3.05) is 12.3 Å². The molecule has 0 saturated heterocycles. The number of pyridine rings is 2. The second-order valence-corrected chi connectivity index (χ2v) is 9.81. The molecule has 0 bridgehead atoms. The molecule has 1 atom stereocenters. The Kier molecular flexibility index (Phi) is 13.4. The van der Waals surface area contributed by atoms with Crippen LogP contribution in [0.2, 0.25) is 5.02 Å². The number of hydrogen-bond donors (Lipinski definition) is 2. The smallest absolute Gasteiger partial charge is 0.746 e. The maximum atomic E-state index is 14.9. The number of nitrogens with zero attached hydrogens (tertiary/aromatic N) is 2. The summed E-state index contributed by atoms with van der Waals surface area (Å²) in [4.78, 5) is 50.5. The van der Waals surface area contributed by atoms with Crippen LogP contribution in [0.1, 0.15) is 22.8 Å². The first kappa shape index (κ1) is 36.9. The van der Waals surface area contributed by atoms with Crippen LogP contribution in [0, 0.1) is 11.6 Å². The predicted octanol–water partition coefficient (Wildman–Crippen LogP) is -1.79. The van der Waals surface area contributed by atoms with E-state index in [9.17, 15) is 27.8 Å². The Morgan fingerprint density at radius 3 is 2.44 bits per heavy atom. The number of rotatable bonds is 10. The minimum atomic E-state index is -5.36. The third-order valence-electron chi connectivity index (χ3n) is 5.50. The molecule has 0 fully saturated rings. The van der Waals surface area contributed by atoms with Crippen molar-refractivity contribution in [3.63, 3.8) is 0 Å². The number of nitrogens with two attached hydrogens (primary N) is 1. The first-order valence-electron chi connectivity index (χ1n) is 11.7. The van der Waals surface area contributed by atoms with Crippen molar-refractivity contribution in [2.45, 2.75) is 13.3 Å². The molecule has 4 rings (SSSR count). The van der Waals surface area contributed by atoms with Gasteiger partial charge in [-0.2, -0.15) is 0 Å². The summed E-state index contributed by atoms with van der Waals surface area (Å²) in [5.41, 5.74) is 4.46. The molecule has 0 aliphatic heterocycles. The van der Waals surface area contributed by atoms with E-state index in [1.807, 2.05) is 0 Å². The largest absolute Gasteiger partial charge is 1.00 e. The number of aromatic nitrogens is 2. The van der Waals surface area contributed by atoms with Crippen LogP contribution in [0.3, 0.4) is 0 Å². The summed E-state index contributed by atoms with van der Waals surface area (Å²) in [5.74, 6) is -3.75. The van der Waals surface area contributed by atoms with E-state index in [0.717, 1.165) is 28.8 Å². The van der Waals surface area contributed by atoms with Crippen LogP contribution in [0.4, 0.5) is 14.6 Å². The molecule has 0 aliphatic rings. The second kappa shape index (κ2) is 15.6. The zero-order chi connectivity index (χ0) is 29.9. The molecule has 2 aromatic heterocycles. The molecule has 2 heterocycles. The number of carbonyl (C=O) groups excluding carboxylic acids is 1. The molecule has 3 N–H and O–H groups in total. The SMILES string of the molecule is CCOc1ccn(-c2ccc(F)c(OP(=O)([O-])O)c2)c(=O)c1C(=O)Cc1ccc(Oc2ccnc(N)c2Cl)c(F)c1.[Na+].[Na+]. The summed E-state index contributed by atoms with van der Waals surface area (Å²) >= 11 is 6.03. The fourth-order valence-corrected chi connectivity index (χ4v) is 4.28. The van der Waals surface area contributed by atoms with Crippen LogP contribution in [-0.2, 0) is 11.0 Å². The van der Waals surface area contributed by atoms with Gasteiger partial charge in [0.05, 0.1) is 12.3 Å². The van der Waals surface area contributed by atoms with Crippen LogP contribution in [-0.4, -0.2) is 26.8 Å². The van der Waals surface area contributed by atoms with Crippen LogP contribution in [0.25, 0.3) is 5.69 Å². The van der Waals surface area contributed by atoms with E-state index in [-0.39, 0.29) is 105 Å². The summed E-state index contributed by atoms with van der Waals surface area (Å²) in [6.07, 6.45) is 2.14. The van der Waals surface area contributed by atoms with Crippen molar-refractivity contribution in [2.24, 2.45) is 0 Å². The normalized spacial score (nSPS) is 11.9. The summed E-state index contributed by atoms with van der Waals surface area (Å²) in [5, 5.41) is -0.00629. The van der Waals surface area contributed by atoms with Gasteiger partial charge in [0.1, 0.15) is 22.2 Å². The Labute approximate surface area is 292 Å². The van der Waals surface area contributed by atoms with Crippen molar-refractivity contribution in [3.8, 4) is 28.7 Å². The molecular weight excluding hydrogens is 633 g/mol. The van der Waals surface area contributed by atoms with E-state index in [2.05, 4.69) is 9.51 Å². The molecule has 4 aromatic rings. The second-order valence-electron chi connectivity index (χ2n) is 8.31. The van der Waals surface area contributed by atoms with Crippen LogP contribution < -0.4 is 89.3 Å². The van der Waals surface area contributed by atoms with Crippen molar-refractivity contribution in [1.29, 1.82) is 0 Å². The van der Waals surface area contributed by atoms with Crippen molar-refractivity contribution < 1.29 is 101 Å². The maximum absolute atomic E-state index is 14.9. The number of Topliss-reactive ketones (excluding diaryl/α,β-unsaturated/α-hetero) is 1. The quantitative estimate of drug-likeness (QED) is 0.114. The Balaban J connectivity index is 0.00000323. The number of benzene rings is 2. The zero-order valence-electron chi connectivity index (χ0n) is 23.0. The number of anilines is 1. The Hall–Kier alpha value is -2.29. The summed E-state index contributed by atoms with van der Waals surface area (Å²) in [6.45, 7) is 1.74. The molecule has 43 heavy (non-hydrogen) atoms. The van der Waals surface area contributed by atoms with E-state index in [1.54, 1.807) is 6.92 Å². The number of phosphoric acid groups is 1. The fourth-order valence-electron chi connectivity index (χ4n) is 3.74. The van der Waals surface area contributed by atoms with E-state index >= 15 is 0 Å². The number of ketones is 1. The van der Waals surface area contributed by atoms with Gasteiger partial charge in [-0.3, -0.25) is 18.7 Å². The number of nitrogen functional groups attached to an aromatic ring is 1. The predicted molar refractivity (Wildman–Crippen MR) is 142 cm³/mol. The van der Waals surface area contributed by atoms with Crippen molar-refractivity contribution >= 4 is 31.0 Å². The number of hydrogen-bond acceptors (Lipinski definition) is 9. The fraction of sp³-hybridized carbons (Fsp3) is 0.115. The van der Waals surface area contributed by atoms with Crippen LogP contribution in [0.5, 0.6) is 23.0 Å². The van der Waals surface area contributed by atoms with Gasteiger partial charge in [-0.05, 0) is 42.8 Å². The van der Waals surface area contributed by atoms with Crippen molar-refractivity contribution in [3.05, 3.63) is 99.1 Å². The molecule has 0 spiro atoms. The minimum Gasteiger partial charge on any atom is -0.746 e. The monoisotopic (exact) mass is 652 g/mol. The summed E-state index contributed by atoms with van der Waals surface area (Å²) < 4.78 is 56.1. The van der Waals surface area contributed by atoms with Crippen molar-refractivity contribution in [1.82, 2.24) is 9.55 Å². The summed E-state index contributed by atoms with van der Waals surface area (Å²) in [7, 11) is -5.36. The van der Waals surface area contributed by atoms with Crippen LogP contribution >= 0.6 is 19.4 Å². The van der Waals surface area contributed by atoms with Gasteiger partial charge >= 0.3 is 66.9 Å². The minimum absolute atomic E-state index is 0. The van der Waals surface area contributed by atoms with Gasteiger partial charge in [-0.25, -0.2) is 13.8 Å². The number of ether oxygens (including phenoxy) is 2. The van der Waals surface area contributed by atoms with E-state index in [0.29, 0.717) is 0 Å². The topological polar surface area (TPSA) is 166 Å². The van der Waals surface area contributed by atoms with Gasteiger partial charge in [0.15, 0.2) is 34.7 Å². The average Bonchev–Trinajstić information content (AvgIpc) is 2.89. The average molecular weight is 653 g/mol. The Morgan fingerprint density at radius 1 is 1.07 bits per heavy atom. The molecule has 11 nitrogen and oxygen atoms in total. The van der Waals surface area contributed by atoms with Gasteiger partial charge in [0.25, 0.3) is 5.56 Å². The standard InChI is InChI=1S/C26H21ClF2N3O8P.2Na/c1-2-38-20-8-10-32(15-4-5-16(28)22(13-15)40-41(35,36)37)26(34)23(20)18(33)12-14-3-6-19(17(29)11-14)39-21-7-9-31-25(30)24(21)27;;/h3-11,13H,2,12H2,1H3,(H2,30,31)(H2,35,36,37);;/q;2*+1/p-1. The molecule has 2 aromatic carbocycles. The first-order chi connectivity index (χ1) is 19.4. The van der Waals surface area contributed by atoms with E-state index in [4.69, 9.17) is 31.7 Å². The maximum Gasteiger partial charge on any atom is 1.00 e. The molecule has 0 radical (unpaired) electrons. The zero-order valence-corrected chi connectivity index (χ0v) is 28.7. The third kappa shape index (κ3) is 9.11. The van der Waals surface area contributed by atoms with E-state index < -0.39 is 48.5 Å². The summed E-state index contributed by atoms with van der Waals surface area (Å²) in [6, 6.07) is 9.23. The van der Waals surface area contributed by atoms with Gasteiger partial charge < -0.3 is 29.5 Å². The third-order valence-corrected chi connectivity index (χ3v) is 6.31. The molecule has 0 saturated carbocycles. The number of halogens is 3. The number of carbonyl (C=O) groups is 1. The Morgan fingerprint density at radius 2 is 1.79 bits per heavy atom. The molecule has 0 aliphatic carbocycles. The van der Waals surface area contributed by atoms with Gasteiger partial charge in [-0.15, -0.1) is 0 Å².